The van der Waals surface area contributed by atoms with Gasteiger partial charge in [-0.25, -0.2) is 55.0 Å². The molecule has 0 spiro atoms. The summed E-state index contributed by atoms with van der Waals surface area (Å²) < 4.78 is 264. The molecule has 12 heterocycles. The molecular weight excluding hydrogens is 1910 g/mol. The summed E-state index contributed by atoms with van der Waals surface area (Å²) in [7, 11) is -13.4. The third-order valence-corrected chi connectivity index (χ3v) is 24.7. The van der Waals surface area contributed by atoms with Gasteiger partial charge in [-0.1, -0.05) is 94.9 Å². The molecule has 0 radical (unpaired) electrons. The summed E-state index contributed by atoms with van der Waals surface area (Å²) in [5.41, 5.74) is -7.19. The van der Waals surface area contributed by atoms with Crippen molar-refractivity contribution in [3.63, 3.8) is 0 Å². The minimum Gasteiger partial charge on any atom is -0.493 e. The number of aromatic nitrogens is 8. The maximum Gasteiger partial charge on any atom is 0.530 e. The zero-order valence-electron chi connectivity index (χ0n) is 70.5. The topological polar surface area (TPSA) is 634 Å². The van der Waals surface area contributed by atoms with Gasteiger partial charge in [0.1, 0.15) is 95.3 Å². The molecule has 48 nitrogen and oxygen atoms in total. The first-order valence-electron chi connectivity index (χ1n) is 38.6. The van der Waals surface area contributed by atoms with E-state index in [-0.39, 0.29) is 75.0 Å². The van der Waals surface area contributed by atoms with Gasteiger partial charge in [-0.05, 0) is 24.3 Å². The summed E-state index contributed by atoms with van der Waals surface area (Å²) in [6, 6.07) is 18.7. The maximum absolute atomic E-state index is 15.9. The van der Waals surface area contributed by atoms with Crippen molar-refractivity contribution in [3.05, 3.63) is 223 Å². The van der Waals surface area contributed by atoms with Crippen LogP contribution in [0.1, 0.15) is 55.3 Å². The van der Waals surface area contributed by atoms with Gasteiger partial charge in [0, 0.05) is 47.0 Å². The minimum absolute atomic E-state index is 0.0414. The van der Waals surface area contributed by atoms with Crippen LogP contribution in [0.5, 0.6) is 46.0 Å². The number of aromatic amines is 4. The first-order valence-corrected chi connectivity index (χ1v) is 43.0. The third-order valence-electron chi connectivity index (χ3n) is 18.7. The Labute approximate surface area is 737 Å². The lowest BCUT2D eigenvalue weighted by Crippen LogP contribution is -2.43. The normalized spacial score (nSPS) is 33.8. The number of hydrogen-bond donors (Lipinski definition) is 12. The average molecular weight is 1990 g/mol. The fraction of sp³-hybridized carbons (Fsp3) is 0.412. The largest absolute Gasteiger partial charge is 0.530 e. The highest BCUT2D eigenvalue weighted by atomic mass is 35.5. The molecule has 0 bridgehead atoms. The van der Waals surface area contributed by atoms with Crippen molar-refractivity contribution in [3.8, 4) is 46.0 Å². The van der Waals surface area contributed by atoms with E-state index in [9.17, 15) is 97.5 Å². The summed E-state index contributed by atoms with van der Waals surface area (Å²) >= 11 is 22.6. The van der Waals surface area contributed by atoms with E-state index >= 15 is 17.6 Å². The number of aliphatic hydroxyl groups is 8. The molecule has 20 atom stereocenters. The second-order valence-electron chi connectivity index (χ2n) is 26.9. The van der Waals surface area contributed by atoms with Gasteiger partial charge < -0.3 is 96.8 Å². The standard InChI is InChI=1S/4C17H17ClFN2O10P/c4*1-27-10-4-2-3-8-6-28-32(26,31-12(8)10)29-7-17(19)13(23)11(22)15(30-17)21-5-9(18)14(24)20-16(21)25/h4*2-5,11,13,15,22-23H,6-7H2,1H3,(H,20,24,25)/t4*11-,13+,15-,17-,32?/m1111/s1/i7D2,15D;15D;7D2;. The van der Waals surface area contributed by atoms with E-state index in [4.69, 9.17) is 147 Å². The number of aliphatic hydroxyl groups excluding tert-OH is 8. The number of H-pyrrole nitrogens is 4. The molecule has 12 N–H and O–H groups in total. The van der Waals surface area contributed by atoms with Gasteiger partial charge in [0.15, 0.2) is 70.9 Å². The van der Waals surface area contributed by atoms with Gasteiger partial charge in [-0.2, -0.15) is 0 Å². The summed E-state index contributed by atoms with van der Waals surface area (Å²) in [5, 5.41) is 79.9. The van der Waals surface area contributed by atoms with Crippen molar-refractivity contribution in [2.24, 2.45) is 0 Å². The van der Waals surface area contributed by atoms with Gasteiger partial charge in [-0.15, -0.1) is 0 Å². The Bertz CT molecular complexity index is 6590. The lowest BCUT2D eigenvalue weighted by atomic mass is 10.1. The van der Waals surface area contributed by atoms with Crippen LogP contribution in [0, 0.1) is 0 Å². The molecule has 4 fully saturated rings. The number of phosphoric ester groups is 4. The van der Waals surface area contributed by atoms with Gasteiger partial charge in [-0.3, -0.25) is 93.6 Å². The van der Waals surface area contributed by atoms with Crippen LogP contribution in [-0.4, -0.2) is 206 Å². The van der Waals surface area contributed by atoms with E-state index in [1.54, 1.807) is 63.5 Å². The number of ether oxygens (including phenoxy) is 8. The number of alkyl halides is 4. The number of hydrogen-bond acceptors (Lipinski definition) is 40. The van der Waals surface area contributed by atoms with Crippen molar-refractivity contribution in [2.45, 2.75) is 124 Å². The number of rotatable bonds is 20. The second-order valence-corrected chi connectivity index (χ2v) is 34.7. The number of para-hydroxylation sites is 4. The van der Waals surface area contributed by atoms with Crippen molar-refractivity contribution in [1.29, 1.82) is 0 Å². The van der Waals surface area contributed by atoms with Crippen LogP contribution in [0.15, 0.2) is 136 Å². The first-order chi connectivity index (χ1) is 62.5. The Morgan fingerprint density at radius 2 is 0.633 bits per heavy atom. The SMILES string of the molecule is COc1cccc2c1OP(=O)(OC[C@@]1(F)O[C@@H](n3cc(Cl)c(=O)[nH]c3=O)[C@H](O)[C@@H]1O)OC2.[2H]C([2H])(OP1(=O)OCc2cccc(OC)c2O1)[C@@]1(F)O[C@@H](n2cc(Cl)c(=O)[nH]c2=O)[C@H](O)[C@@H]1O.[2H]C([2H])(OP1(=O)OCc2cccc(OC)c2O1)[C@@]1(F)O[C@@]([2H])(n2cc(Cl)c(=O)[nH]c2=O)[C@H](O)[C@@H]1O.[2H][C@@]1(n2cc(Cl)c(=O)[nH]c2=O)O[C@](F)(COP2(=O)OCc3cccc(OC)c3O2)[C@@H](O)[C@H]1O. The molecule has 4 aromatic heterocycles. The number of phosphoric acid groups is 4. The van der Waals surface area contributed by atoms with E-state index in [0.717, 1.165) is 6.20 Å². The lowest BCUT2D eigenvalue weighted by Gasteiger charge is -2.28. The van der Waals surface area contributed by atoms with Crippen LogP contribution < -0.4 is 82.0 Å². The molecule has 0 aliphatic carbocycles. The number of fused-ring (bicyclic) bond motifs is 4. The maximum atomic E-state index is 15.9. The fourth-order valence-electron chi connectivity index (χ4n) is 12.2. The Morgan fingerprint density at radius 3 is 0.945 bits per heavy atom. The number of halogens is 8. The quantitative estimate of drug-likeness (QED) is 0.0384. The summed E-state index contributed by atoms with van der Waals surface area (Å²) in [5.74, 6) is -14.0. The van der Waals surface area contributed by atoms with Crippen LogP contribution in [-0.2, 0) is 99.8 Å². The van der Waals surface area contributed by atoms with E-state index in [1.807, 2.05) is 4.98 Å². The monoisotopic (exact) mass is 1980 g/mol. The van der Waals surface area contributed by atoms with Gasteiger partial charge in [0.25, 0.3) is 45.7 Å². The van der Waals surface area contributed by atoms with Gasteiger partial charge >= 0.3 is 54.0 Å². The zero-order valence-corrected chi connectivity index (χ0v) is 71.1. The van der Waals surface area contributed by atoms with Crippen LogP contribution in [0.25, 0.3) is 0 Å². The van der Waals surface area contributed by atoms with E-state index in [0.29, 0.717) is 50.0 Å². The molecule has 4 saturated heterocycles. The molecule has 60 heteroatoms. The number of nitrogens with zero attached hydrogens (tertiary/aromatic N) is 4. The predicted molar refractivity (Wildman–Crippen MR) is 417 cm³/mol. The summed E-state index contributed by atoms with van der Waals surface area (Å²) in [6.45, 7) is -11.4. The highest BCUT2D eigenvalue weighted by Crippen LogP contribution is 2.62. The number of benzene rings is 4. The van der Waals surface area contributed by atoms with Crippen molar-refractivity contribution in [2.75, 3.05) is 54.8 Å². The fourth-order valence-corrected chi connectivity index (χ4v) is 17.5. The van der Waals surface area contributed by atoms with Crippen LogP contribution in [0.2, 0.25) is 20.1 Å². The number of methoxy groups -OCH3 is 4. The Morgan fingerprint density at radius 1 is 0.391 bits per heavy atom. The minimum atomic E-state index is -4.95. The number of nitrogens with one attached hydrogen (secondary N) is 4. The first kappa shape index (κ1) is 88.3. The molecule has 16 rings (SSSR count). The highest BCUT2D eigenvalue weighted by molar-refractivity contribution is 7.49. The van der Waals surface area contributed by atoms with Crippen LogP contribution >= 0.6 is 77.7 Å². The van der Waals surface area contributed by atoms with Gasteiger partial charge in [0.05, 0.1) is 63.1 Å². The molecule has 4 aromatic carbocycles. The van der Waals surface area contributed by atoms with Crippen LogP contribution in [0.3, 0.4) is 0 Å². The molecule has 0 saturated carbocycles. The van der Waals surface area contributed by atoms with Gasteiger partial charge in [0.2, 0.25) is 0 Å². The molecule has 0 amide bonds. The van der Waals surface area contributed by atoms with Crippen molar-refractivity contribution in [1.82, 2.24) is 38.2 Å². The molecule has 8 aliphatic heterocycles. The molecule has 8 aliphatic rings. The average Bonchev–Trinajstić information content (AvgIpc) is 1.55. The van der Waals surface area contributed by atoms with E-state index < -0.39 is 226 Å². The molecule has 696 valence electrons. The lowest BCUT2D eigenvalue weighted by molar-refractivity contribution is -0.205. The molecule has 128 heavy (non-hydrogen) atoms. The van der Waals surface area contributed by atoms with Crippen molar-refractivity contribution < 1.29 is 177 Å². The smallest absolute Gasteiger partial charge is 0.493 e. The summed E-state index contributed by atoms with van der Waals surface area (Å²) in [4.78, 5) is 101. The van der Waals surface area contributed by atoms with Crippen molar-refractivity contribution >= 4 is 77.7 Å². The third kappa shape index (κ3) is 19.7. The molecule has 8 aromatic rings. The Hall–Kier alpha value is -9.00. The summed E-state index contributed by atoms with van der Waals surface area (Å²) in [6.07, 6.45) is -26.9. The molecular formula is C68H68Cl4F4N8O40P4. The Balaban J connectivity index is 0.000000152. The second kappa shape index (κ2) is 37.7. The Kier molecular flexibility index (Phi) is 26.0. The molecule has 4 unspecified atom stereocenters. The van der Waals surface area contributed by atoms with E-state index in [1.165, 1.54) is 52.7 Å². The zero-order chi connectivity index (χ0) is 98.5. The van der Waals surface area contributed by atoms with E-state index in [2.05, 4.69) is 0 Å². The predicted octanol–water partition coefficient (Wildman–Crippen LogP) is 3.40. The highest BCUT2D eigenvalue weighted by Gasteiger charge is 2.62. The van der Waals surface area contributed by atoms with Crippen LogP contribution in [0.4, 0.5) is 17.6 Å².